The number of nitrogens with one attached hydrogen (secondary N) is 3. The lowest BCUT2D eigenvalue weighted by molar-refractivity contribution is -0.0176. The van der Waals surface area contributed by atoms with Crippen molar-refractivity contribution in [3.05, 3.63) is 6.20 Å². The van der Waals surface area contributed by atoms with Crippen molar-refractivity contribution in [1.29, 1.82) is 0 Å². The van der Waals surface area contributed by atoms with Crippen LogP contribution < -0.4 is 16.6 Å². The zero-order valence-corrected chi connectivity index (χ0v) is 11.1. The van der Waals surface area contributed by atoms with Crippen LogP contribution in [0.5, 0.6) is 0 Å². The molecule has 108 valence electrons. The van der Waals surface area contributed by atoms with E-state index >= 15 is 0 Å². The van der Waals surface area contributed by atoms with Crippen LogP contribution in [0.2, 0.25) is 0 Å². The van der Waals surface area contributed by atoms with Crippen LogP contribution >= 0.6 is 0 Å². The Kier molecular flexibility index (Phi) is 3.16. The van der Waals surface area contributed by atoms with Crippen molar-refractivity contribution in [2.75, 3.05) is 23.9 Å². The van der Waals surface area contributed by atoms with E-state index in [1.54, 1.807) is 6.20 Å². The monoisotopic (exact) mass is 279 g/mol. The molecule has 0 aromatic carbocycles. The maximum atomic E-state index is 10.5. The van der Waals surface area contributed by atoms with Gasteiger partial charge in [0.2, 0.25) is 5.95 Å². The van der Waals surface area contributed by atoms with Gasteiger partial charge in [-0.25, -0.2) is 5.84 Å². The number of anilines is 2. The normalized spacial score (nSPS) is 26.1. The summed E-state index contributed by atoms with van der Waals surface area (Å²) in [5.74, 6) is 6.17. The fourth-order valence-corrected chi connectivity index (χ4v) is 2.27. The molecule has 6 N–H and O–H groups in total. The van der Waals surface area contributed by atoms with E-state index < -0.39 is 5.60 Å². The third-order valence-corrected chi connectivity index (χ3v) is 3.66. The maximum absolute atomic E-state index is 10.5. The Balaban J connectivity index is 1.85. The number of nitrogens with zero attached hydrogens (tertiary/aromatic N) is 3. The molecule has 0 bridgehead atoms. The average molecular weight is 279 g/mol. The number of ether oxygens (including phenoxy) is 1. The topological polar surface area (TPSA) is 134 Å². The van der Waals surface area contributed by atoms with Crippen molar-refractivity contribution in [3.8, 4) is 0 Å². The highest BCUT2D eigenvalue weighted by Gasteiger charge is 2.39. The number of nitrogen functional groups attached to an aromatic ring is 1. The lowest BCUT2D eigenvalue weighted by Gasteiger charge is -2.26. The molecule has 1 fully saturated rings. The second-order valence-electron chi connectivity index (χ2n) is 4.89. The van der Waals surface area contributed by atoms with Crippen LogP contribution in [0, 0.1) is 0 Å². The van der Waals surface area contributed by atoms with E-state index in [4.69, 9.17) is 10.6 Å². The van der Waals surface area contributed by atoms with Crippen LogP contribution in [0.1, 0.15) is 13.3 Å². The molecule has 9 heteroatoms. The lowest BCUT2D eigenvalue weighted by Crippen LogP contribution is -2.43. The van der Waals surface area contributed by atoms with E-state index in [1.807, 2.05) is 6.92 Å². The van der Waals surface area contributed by atoms with Gasteiger partial charge < -0.3 is 15.2 Å². The number of aromatic nitrogens is 4. The predicted molar refractivity (Wildman–Crippen MR) is 73.0 cm³/mol. The molecule has 3 rings (SSSR count). The smallest absolute Gasteiger partial charge is 0.241 e. The third kappa shape index (κ3) is 2.15. The first-order chi connectivity index (χ1) is 9.62. The third-order valence-electron chi connectivity index (χ3n) is 3.66. The van der Waals surface area contributed by atoms with Crippen molar-refractivity contribution < 1.29 is 9.84 Å². The van der Waals surface area contributed by atoms with E-state index in [9.17, 15) is 5.11 Å². The van der Waals surface area contributed by atoms with Crippen molar-refractivity contribution >= 4 is 22.8 Å². The van der Waals surface area contributed by atoms with Crippen LogP contribution in [-0.4, -0.2) is 50.1 Å². The Morgan fingerprint density at radius 1 is 1.60 bits per heavy atom. The summed E-state index contributed by atoms with van der Waals surface area (Å²) in [5.41, 5.74) is 2.06. The molecule has 0 radical (unpaired) electrons. The van der Waals surface area contributed by atoms with Gasteiger partial charge in [-0.15, -0.1) is 0 Å². The minimum atomic E-state index is -0.905. The molecule has 1 aliphatic heterocycles. The van der Waals surface area contributed by atoms with Crippen LogP contribution in [-0.2, 0) is 4.74 Å². The van der Waals surface area contributed by atoms with Crippen molar-refractivity contribution in [3.63, 3.8) is 0 Å². The van der Waals surface area contributed by atoms with Crippen LogP contribution in [0.3, 0.4) is 0 Å². The molecule has 2 atom stereocenters. The number of aliphatic hydroxyl groups is 1. The highest BCUT2D eigenvalue weighted by atomic mass is 16.5. The second-order valence-corrected chi connectivity index (χ2v) is 4.89. The largest absolute Gasteiger partial charge is 0.385 e. The summed E-state index contributed by atoms with van der Waals surface area (Å²) in [7, 11) is 0. The molecule has 0 aliphatic carbocycles. The first-order valence-electron chi connectivity index (χ1n) is 6.38. The number of hydrazine groups is 1. The highest BCUT2D eigenvalue weighted by Crippen LogP contribution is 2.27. The molecule has 3 heterocycles. The Morgan fingerprint density at radius 3 is 3.15 bits per heavy atom. The number of hydrogen-bond donors (Lipinski definition) is 5. The minimum absolute atomic E-state index is 0.219. The maximum Gasteiger partial charge on any atom is 0.241 e. The van der Waals surface area contributed by atoms with Crippen molar-refractivity contribution in [2.24, 2.45) is 5.84 Å². The van der Waals surface area contributed by atoms with Crippen LogP contribution in [0.15, 0.2) is 6.20 Å². The number of nitrogens with two attached hydrogens (primary N) is 1. The second kappa shape index (κ2) is 4.85. The van der Waals surface area contributed by atoms with Gasteiger partial charge in [-0.3, -0.25) is 10.5 Å². The summed E-state index contributed by atoms with van der Waals surface area (Å²) in [4.78, 5) is 8.37. The van der Waals surface area contributed by atoms with Gasteiger partial charge in [0, 0.05) is 19.6 Å². The first kappa shape index (κ1) is 13.0. The Bertz CT molecular complexity index is 616. The number of H-pyrrole nitrogens is 1. The Hall–Kier alpha value is -1.97. The molecule has 2 aromatic heterocycles. The quantitative estimate of drug-likeness (QED) is 0.376. The van der Waals surface area contributed by atoms with Gasteiger partial charge >= 0.3 is 0 Å². The van der Waals surface area contributed by atoms with Crippen LogP contribution in [0.4, 0.5) is 11.8 Å². The predicted octanol–water partition coefficient (Wildman–Crippen LogP) is -0.410. The molecule has 1 saturated heterocycles. The van der Waals surface area contributed by atoms with Gasteiger partial charge in [0.1, 0.15) is 11.4 Å². The van der Waals surface area contributed by atoms with Gasteiger partial charge in [0.25, 0.3) is 0 Å². The SMILES string of the molecule is CC1OCCC1(O)CNc1nc(NN)nc2[nH]ncc12. The fraction of sp³-hybridized carbons (Fsp3) is 0.545. The summed E-state index contributed by atoms with van der Waals surface area (Å²) < 4.78 is 5.40. The number of rotatable bonds is 4. The zero-order valence-electron chi connectivity index (χ0n) is 11.1. The number of aromatic amines is 1. The van der Waals surface area contributed by atoms with E-state index in [0.29, 0.717) is 31.0 Å². The molecule has 2 unspecified atom stereocenters. The molecule has 0 spiro atoms. The van der Waals surface area contributed by atoms with Gasteiger partial charge in [0.15, 0.2) is 5.65 Å². The summed E-state index contributed by atoms with van der Waals surface area (Å²) in [6.07, 6.45) is 1.99. The standard InChI is InChI=1S/C11H17N7O2/c1-6-11(19,2-3-20-6)5-13-8-7-4-14-18-9(7)16-10(15-8)17-12/h4,6,19H,2-3,5,12H2,1H3,(H3,13,14,15,16,17,18). The highest BCUT2D eigenvalue weighted by molar-refractivity contribution is 5.86. The fourth-order valence-electron chi connectivity index (χ4n) is 2.27. The summed E-state index contributed by atoms with van der Waals surface area (Å²) >= 11 is 0. The zero-order chi connectivity index (χ0) is 14.2. The van der Waals surface area contributed by atoms with Gasteiger partial charge in [-0.1, -0.05) is 0 Å². The minimum Gasteiger partial charge on any atom is -0.385 e. The van der Waals surface area contributed by atoms with E-state index in [0.717, 1.165) is 5.39 Å². The Labute approximate surface area is 114 Å². The lowest BCUT2D eigenvalue weighted by atomic mass is 9.97. The van der Waals surface area contributed by atoms with Crippen molar-refractivity contribution in [2.45, 2.75) is 25.0 Å². The van der Waals surface area contributed by atoms with Gasteiger partial charge in [-0.05, 0) is 6.92 Å². The Morgan fingerprint density at radius 2 is 2.45 bits per heavy atom. The molecular weight excluding hydrogens is 262 g/mol. The summed E-state index contributed by atoms with van der Waals surface area (Å²) in [6.45, 7) is 2.74. The summed E-state index contributed by atoms with van der Waals surface area (Å²) in [5, 5.41) is 21.0. The molecule has 2 aromatic rings. The van der Waals surface area contributed by atoms with Gasteiger partial charge in [-0.2, -0.15) is 15.1 Å². The molecule has 0 saturated carbocycles. The first-order valence-corrected chi connectivity index (χ1v) is 6.38. The summed E-state index contributed by atoms with van der Waals surface area (Å²) in [6, 6.07) is 0. The number of fused-ring (bicyclic) bond motifs is 1. The molecule has 1 aliphatic rings. The van der Waals surface area contributed by atoms with E-state index in [1.165, 1.54) is 0 Å². The molecule has 20 heavy (non-hydrogen) atoms. The number of hydrogen-bond acceptors (Lipinski definition) is 8. The average Bonchev–Trinajstić information content (AvgIpc) is 3.04. The molecule has 0 amide bonds. The molecule has 9 nitrogen and oxygen atoms in total. The van der Waals surface area contributed by atoms with Gasteiger partial charge in [0.05, 0.1) is 17.7 Å². The molecular formula is C11H17N7O2. The van der Waals surface area contributed by atoms with Crippen molar-refractivity contribution in [1.82, 2.24) is 20.2 Å². The van der Waals surface area contributed by atoms with E-state index in [-0.39, 0.29) is 12.1 Å². The van der Waals surface area contributed by atoms with E-state index in [2.05, 4.69) is 30.9 Å². The van der Waals surface area contributed by atoms with Crippen LogP contribution in [0.25, 0.3) is 11.0 Å².